The third-order valence-electron chi connectivity index (χ3n) is 2.24. The van der Waals surface area contributed by atoms with Gasteiger partial charge in [-0.3, -0.25) is 0 Å². The molecule has 1 N–H and O–H groups in total. The Morgan fingerprint density at radius 2 is 2.24 bits per heavy atom. The van der Waals surface area contributed by atoms with E-state index >= 15 is 0 Å². The van der Waals surface area contributed by atoms with Gasteiger partial charge in [-0.15, -0.1) is 10.2 Å². The highest BCUT2D eigenvalue weighted by molar-refractivity contribution is 7.14. The van der Waals surface area contributed by atoms with Crippen molar-refractivity contribution in [2.45, 2.75) is 6.42 Å². The summed E-state index contributed by atoms with van der Waals surface area (Å²) in [6, 6.07) is 4.88. The van der Waals surface area contributed by atoms with Crippen molar-refractivity contribution in [1.82, 2.24) is 15.5 Å². The largest absolute Gasteiger partial charge is 0.319 e. The molecule has 0 saturated carbocycles. The maximum Gasteiger partial charge on any atom is 0.152 e. The van der Waals surface area contributed by atoms with Gasteiger partial charge in [-0.1, -0.05) is 29.0 Å². The van der Waals surface area contributed by atoms with E-state index in [1.54, 1.807) is 12.1 Å². The summed E-state index contributed by atoms with van der Waals surface area (Å²) in [6.07, 6.45) is 0.788. The Labute approximate surface area is 108 Å². The van der Waals surface area contributed by atoms with Crippen LogP contribution in [0.4, 0.5) is 4.39 Å². The van der Waals surface area contributed by atoms with E-state index in [0.717, 1.165) is 18.0 Å². The second-order valence-corrected chi connectivity index (χ2v) is 4.93. The molecule has 17 heavy (non-hydrogen) atoms. The van der Waals surface area contributed by atoms with Gasteiger partial charge in [0.25, 0.3) is 0 Å². The highest BCUT2D eigenvalue weighted by Gasteiger charge is 2.13. The zero-order valence-electron chi connectivity index (χ0n) is 9.20. The van der Waals surface area contributed by atoms with Crippen LogP contribution in [0.15, 0.2) is 18.2 Å². The molecule has 0 unspecified atom stereocenters. The third-order valence-corrected chi connectivity index (χ3v) is 3.55. The average molecular weight is 272 g/mol. The van der Waals surface area contributed by atoms with Crippen molar-refractivity contribution in [3.63, 3.8) is 0 Å². The predicted molar refractivity (Wildman–Crippen MR) is 67.9 cm³/mol. The molecule has 6 heteroatoms. The summed E-state index contributed by atoms with van der Waals surface area (Å²) in [5, 5.41) is 12.6. The van der Waals surface area contributed by atoms with Crippen molar-refractivity contribution in [2.24, 2.45) is 0 Å². The molecule has 0 aliphatic heterocycles. The van der Waals surface area contributed by atoms with Gasteiger partial charge in [0.05, 0.1) is 5.02 Å². The fraction of sp³-hybridized carbons (Fsp3) is 0.273. The molecule has 0 amide bonds. The van der Waals surface area contributed by atoms with Crippen LogP contribution in [0.3, 0.4) is 0 Å². The van der Waals surface area contributed by atoms with Crippen molar-refractivity contribution in [1.29, 1.82) is 0 Å². The molecule has 1 aromatic heterocycles. The number of aromatic nitrogens is 2. The van der Waals surface area contributed by atoms with Crippen LogP contribution in [0.1, 0.15) is 5.01 Å². The lowest BCUT2D eigenvalue weighted by molar-refractivity contribution is 0.631. The number of rotatable bonds is 4. The molecule has 0 spiro atoms. The highest BCUT2D eigenvalue weighted by Crippen LogP contribution is 2.29. The van der Waals surface area contributed by atoms with Gasteiger partial charge in [-0.05, 0) is 19.2 Å². The van der Waals surface area contributed by atoms with Gasteiger partial charge in [0, 0.05) is 18.5 Å². The van der Waals surface area contributed by atoms with Crippen molar-refractivity contribution in [2.75, 3.05) is 13.6 Å². The van der Waals surface area contributed by atoms with Gasteiger partial charge >= 0.3 is 0 Å². The van der Waals surface area contributed by atoms with Crippen molar-refractivity contribution in [3.05, 3.63) is 34.0 Å². The lowest BCUT2D eigenvalue weighted by Gasteiger charge is -1.99. The van der Waals surface area contributed by atoms with E-state index in [1.165, 1.54) is 17.4 Å². The fourth-order valence-corrected chi connectivity index (χ4v) is 2.40. The predicted octanol–water partition coefficient (Wildman–Crippen LogP) is 2.76. The van der Waals surface area contributed by atoms with Crippen molar-refractivity contribution in [3.8, 4) is 10.6 Å². The molecule has 90 valence electrons. The standard InChI is InChI=1S/C11H11ClFN3S/c1-14-6-5-9-15-16-11(17-9)7-3-2-4-8(12)10(7)13/h2-4,14H,5-6H2,1H3. The molecule has 0 atom stereocenters. The van der Waals surface area contributed by atoms with Crippen LogP contribution in [-0.4, -0.2) is 23.8 Å². The number of nitrogens with zero attached hydrogens (tertiary/aromatic N) is 2. The molecule has 1 heterocycles. The molecule has 0 aliphatic carbocycles. The van der Waals surface area contributed by atoms with Crippen LogP contribution in [0.2, 0.25) is 5.02 Å². The Balaban J connectivity index is 2.27. The van der Waals surface area contributed by atoms with E-state index in [0.29, 0.717) is 10.6 Å². The summed E-state index contributed by atoms with van der Waals surface area (Å²) in [5.74, 6) is -0.439. The number of hydrogen-bond donors (Lipinski definition) is 1. The van der Waals surface area contributed by atoms with Gasteiger partial charge in [0.15, 0.2) is 10.8 Å². The number of hydrogen-bond acceptors (Lipinski definition) is 4. The molecule has 0 fully saturated rings. The third kappa shape index (κ3) is 2.80. The van der Waals surface area contributed by atoms with Gasteiger partial charge < -0.3 is 5.32 Å². The van der Waals surface area contributed by atoms with E-state index in [1.807, 2.05) is 7.05 Å². The zero-order valence-corrected chi connectivity index (χ0v) is 10.8. The minimum absolute atomic E-state index is 0.106. The first-order valence-electron chi connectivity index (χ1n) is 5.13. The van der Waals surface area contributed by atoms with Gasteiger partial charge in [0.1, 0.15) is 5.01 Å². The number of nitrogens with one attached hydrogen (secondary N) is 1. The zero-order chi connectivity index (χ0) is 12.3. The molecule has 0 aliphatic rings. The minimum Gasteiger partial charge on any atom is -0.319 e. The Morgan fingerprint density at radius 3 is 3.00 bits per heavy atom. The number of benzene rings is 1. The van der Waals surface area contributed by atoms with Gasteiger partial charge in [-0.2, -0.15) is 0 Å². The maximum absolute atomic E-state index is 13.7. The highest BCUT2D eigenvalue weighted by atomic mass is 35.5. The molecular formula is C11H11ClFN3S. The Hall–Kier alpha value is -1.04. The fourth-order valence-electron chi connectivity index (χ4n) is 1.36. The van der Waals surface area contributed by atoms with E-state index in [-0.39, 0.29) is 5.02 Å². The topological polar surface area (TPSA) is 37.8 Å². The Bertz CT molecular complexity index is 515. The number of halogens is 2. The maximum atomic E-state index is 13.7. The Morgan fingerprint density at radius 1 is 1.41 bits per heavy atom. The molecule has 1 aromatic carbocycles. The summed E-state index contributed by atoms with van der Waals surface area (Å²) in [5.41, 5.74) is 0.408. The minimum atomic E-state index is -0.439. The van der Waals surface area contributed by atoms with E-state index in [4.69, 9.17) is 11.6 Å². The summed E-state index contributed by atoms with van der Waals surface area (Å²) in [7, 11) is 1.87. The van der Waals surface area contributed by atoms with Crippen LogP contribution in [0.5, 0.6) is 0 Å². The van der Waals surface area contributed by atoms with E-state index in [9.17, 15) is 4.39 Å². The monoisotopic (exact) mass is 271 g/mol. The first-order valence-corrected chi connectivity index (χ1v) is 6.33. The van der Waals surface area contributed by atoms with Crippen LogP contribution in [0.25, 0.3) is 10.6 Å². The summed E-state index contributed by atoms with van der Waals surface area (Å²) < 4.78 is 13.7. The summed E-state index contributed by atoms with van der Waals surface area (Å²) >= 11 is 7.11. The Kier molecular flexibility index (Phi) is 4.04. The van der Waals surface area contributed by atoms with Gasteiger partial charge in [-0.25, -0.2) is 4.39 Å². The molecule has 0 saturated heterocycles. The molecule has 2 aromatic rings. The lowest BCUT2D eigenvalue weighted by Crippen LogP contribution is -2.09. The normalized spacial score (nSPS) is 10.8. The SMILES string of the molecule is CNCCc1nnc(-c2cccc(Cl)c2F)s1. The van der Waals surface area contributed by atoms with Crippen molar-refractivity contribution < 1.29 is 4.39 Å². The van der Waals surface area contributed by atoms with Crippen LogP contribution < -0.4 is 5.32 Å². The van der Waals surface area contributed by atoms with Crippen LogP contribution >= 0.6 is 22.9 Å². The molecule has 3 nitrogen and oxygen atoms in total. The first-order chi connectivity index (χ1) is 8.22. The molecule has 2 rings (SSSR count). The number of likely N-dealkylation sites (N-methyl/N-ethyl adjacent to an activating group) is 1. The molecular weight excluding hydrogens is 261 g/mol. The average Bonchev–Trinajstić information content (AvgIpc) is 2.78. The van der Waals surface area contributed by atoms with Crippen molar-refractivity contribution >= 4 is 22.9 Å². The second-order valence-electron chi connectivity index (χ2n) is 3.46. The molecule has 0 radical (unpaired) electrons. The van der Waals surface area contributed by atoms with Gasteiger partial charge in [0.2, 0.25) is 0 Å². The lowest BCUT2D eigenvalue weighted by atomic mass is 10.2. The van der Waals surface area contributed by atoms with E-state index in [2.05, 4.69) is 15.5 Å². The summed E-state index contributed by atoms with van der Waals surface area (Å²) in [4.78, 5) is 0. The van der Waals surface area contributed by atoms with Crippen LogP contribution in [-0.2, 0) is 6.42 Å². The van der Waals surface area contributed by atoms with E-state index < -0.39 is 5.82 Å². The summed E-state index contributed by atoms with van der Waals surface area (Å²) in [6.45, 7) is 0.826. The smallest absolute Gasteiger partial charge is 0.152 e. The molecule has 0 bridgehead atoms. The second kappa shape index (κ2) is 5.53. The first kappa shape index (κ1) is 12.4. The quantitative estimate of drug-likeness (QED) is 0.929. The van der Waals surface area contributed by atoms with Crippen LogP contribution in [0, 0.1) is 5.82 Å².